The number of anilines is 2. The lowest BCUT2D eigenvalue weighted by Crippen LogP contribution is -2.34. The molecule has 3 nitrogen and oxygen atoms in total. The molecule has 1 aromatic rings. The van der Waals surface area contributed by atoms with Gasteiger partial charge in [0, 0.05) is 19.1 Å². The molecule has 1 atom stereocenters. The third kappa shape index (κ3) is 2.67. The van der Waals surface area contributed by atoms with Crippen LogP contribution < -0.4 is 16.4 Å². The van der Waals surface area contributed by atoms with Crippen molar-refractivity contribution >= 4 is 11.4 Å². The van der Waals surface area contributed by atoms with Crippen molar-refractivity contribution in [3.05, 3.63) is 24.3 Å². The normalized spacial score (nSPS) is 22.6. The predicted octanol–water partition coefficient (Wildman–Crippen LogP) is 1.98. The van der Waals surface area contributed by atoms with Gasteiger partial charge < -0.3 is 16.4 Å². The highest BCUT2D eigenvalue weighted by atomic mass is 15.1. The minimum Gasteiger partial charge on any atom is -0.397 e. The van der Waals surface area contributed by atoms with Crippen molar-refractivity contribution in [2.45, 2.75) is 31.7 Å². The van der Waals surface area contributed by atoms with E-state index in [2.05, 4.69) is 11.0 Å². The maximum Gasteiger partial charge on any atom is 0.0599 e. The van der Waals surface area contributed by atoms with Crippen LogP contribution in [0.1, 0.15) is 25.7 Å². The molecule has 1 heterocycles. The van der Waals surface area contributed by atoms with Crippen LogP contribution in [0.2, 0.25) is 0 Å². The molecule has 0 radical (unpaired) electrons. The number of hydrogen-bond acceptors (Lipinski definition) is 3. The molecule has 1 aliphatic heterocycles. The van der Waals surface area contributed by atoms with Gasteiger partial charge in [-0.05, 0) is 31.4 Å². The second-order valence-electron chi connectivity index (χ2n) is 4.59. The molecular weight excluding hydrogens is 198 g/mol. The first-order chi connectivity index (χ1) is 7.77. The quantitative estimate of drug-likeness (QED) is 0.710. The van der Waals surface area contributed by atoms with Gasteiger partial charge in [-0.2, -0.15) is 0 Å². The minimum atomic E-state index is 0.354. The van der Waals surface area contributed by atoms with E-state index in [-0.39, 0.29) is 0 Å². The minimum absolute atomic E-state index is 0.354. The summed E-state index contributed by atoms with van der Waals surface area (Å²) in [5.74, 6) is 0. The smallest absolute Gasteiger partial charge is 0.0599 e. The number of rotatable bonds is 1. The van der Waals surface area contributed by atoms with Gasteiger partial charge in [0.1, 0.15) is 0 Å². The van der Waals surface area contributed by atoms with Crippen LogP contribution in [0.4, 0.5) is 11.4 Å². The molecule has 1 unspecified atom stereocenters. The second-order valence-corrected chi connectivity index (χ2v) is 4.59. The van der Waals surface area contributed by atoms with E-state index in [1.807, 2.05) is 18.2 Å². The Labute approximate surface area is 97.4 Å². The molecule has 1 saturated heterocycles. The van der Waals surface area contributed by atoms with Crippen LogP contribution in [-0.4, -0.2) is 19.1 Å². The molecule has 0 bridgehead atoms. The number of nitrogens with zero attached hydrogens (tertiary/aromatic N) is 1. The third-order valence-electron chi connectivity index (χ3n) is 3.30. The van der Waals surface area contributed by atoms with Gasteiger partial charge in [0.15, 0.2) is 0 Å². The van der Waals surface area contributed by atoms with Gasteiger partial charge in [0.25, 0.3) is 0 Å². The highest BCUT2D eigenvalue weighted by Crippen LogP contribution is 2.24. The zero-order valence-electron chi connectivity index (χ0n) is 9.73. The van der Waals surface area contributed by atoms with Gasteiger partial charge in [0.2, 0.25) is 0 Å². The monoisotopic (exact) mass is 219 g/mol. The summed E-state index contributed by atoms with van der Waals surface area (Å²) in [5.41, 5.74) is 14.1. The fourth-order valence-corrected chi connectivity index (χ4v) is 2.30. The first-order valence-corrected chi connectivity index (χ1v) is 6.12. The molecule has 0 saturated carbocycles. The molecular formula is C13H21N3. The van der Waals surface area contributed by atoms with Gasteiger partial charge in [-0.1, -0.05) is 18.6 Å². The van der Waals surface area contributed by atoms with Gasteiger partial charge in [-0.3, -0.25) is 0 Å². The van der Waals surface area contributed by atoms with Crippen molar-refractivity contribution in [3.8, 4) is 0 Å². The Hall–Kier alpha value is -1.22. The first kappa shape index (κ1) is 11.3. The van der Waals surface area contributed by atoms with E-state index in [0.717, 1.165) is 37.3 Å². The molecule has 0 amide bonds. The highest BCUT2D eigenvalue weighted by Gasteiger charge is 2.14. The number of nitrogen functional groups attached to an aromatic ring is 1. The maximum atomic E-state index is 6.02. The van der Waals surface area contributed by atoms with Crippen LogP contribution in [0, 0.1) is 0 Å². The van der Waals surface area contributed by atoms with Gasteiger partial charge in [-0.25, -0.2) is 0 Å². The molecule has 3 heteroatoms. The first-order valence-electron chi connectivity index (χ1n) is 6.12. The number of hydrogen-bond donors (Lipinski definition) is 2. The van der Waals surface area contributed by atoms with E-state index >= 15 is 0 Å². The number of benzene rings is 1. The SMILES string of the molecule is Nc1ccccc1N1CCCCC(N)CC1. The molecule has 16 heavy (non-hydrogen) atoms. The summed E-state index contributed by atoms with van der Waals surface area (Å²) in [4.78, 5) is 2.37. The Kier molecular flexibility index (Phi) is 3.67. The van der Waals surface area contributed by atoms with Crippen molar-refractivity contribution in [1.82, 2.24) is 0 Å². The Morgan fingerprint density at radius 3 is 2.69 bits per heavy atom. The average molecular weight is 219 g/mol. The summed E-state index contributed by atoms with van der Waals surface area (Å²) in [6.45, 7) is 2.12. The van der Waals surface area contributed by atoms with E-state index in [1.165, 1.54) is 12.8 Å². The summed E-state index contributed by atoms with van der Waals surface area (Å²) < 4.78 is 0. The Balaban J connectivity index is 2.10. The molecule has 1 aromatic carbocycles. The predicted molar refractivity (Wildman–Crippen MR) is 69.5 cm³/mol. The van der Waals surface area contributed by atoms with Crippen LogP contribution in [0.15, 0.2) is 24.3 Å². The zero-order chi connectivity index (χ0) is 11.4. The summed E-state index contributed by atoms with van der Waals surface area (Å²) in [6.07, 6.45) is 4.67. The average Bonchev–Trinajstić information content (AvgIpc) is 2.26. The second kappa shape index (κ2) is 5.21. The molecule has 0 spiro atoms. The molecule has 88 valence electrons. The Morgan fingerprint density at radius 1 is 1.06 bits per heavy atom. The third-order valence-corrected chi connectivity index (χ3v) is 3.30. The molecule has 1 fully saturated rings. The fraction of sp³-hybridized carbons (Fsp3) is 0.538. The molecule has 4 N–H and O–H groups in total. The largest absolute Gasteiger partial charge is 0.397 e. The Bertz CT molecular complexity index is 338. The number of nitrogens with two attached hydrogens (primary N) is 2. The van der Waals surface area contributed by atoms with E-state index in [1.54, 1.807) is 0 Å². The van der Waals surface area contributed by atoms with Crippen LogP contribution in [0.5, 0.6) is 0 Å². The van der Waals surface area contributed by atoms with Crippen LogP contribution in [0.3, 0.4) is 0 Å². The van der Waals surface area contributed by atoms with Crippen molar-refractivity contribution in [3.63, 3.8) is 0 Å². The standard InChI is InChI=1S/C13H21N3/c14-11-5-3-4-9-16(10-8-11)13-7-2-1-6-12(13)15/h1-2,6-7,11H,3-5,8-10,14-15H2. The molecule has 2 rings (SSSR count). The van der Waals surface area contributed by atoms with E-state index in [0.29, 0.717) is 6.04 Å². The van der Waals surface area contributed by atoms with Gasteiger partial charge in [0.05, 0.1) is 11.4 Å². The fourth-order valence-electron chi connectivity index (χ4n) is 2.30. The van der Waals surface area contributed by atoms with Gasteiger partial charge in [-0.15, -0.1) is 0 Å². The molecule has 1 aliphatic rings. The lowest BCUT2D eigenvalue weighted by molar-refractivity contribution is 0.494. The number of para-hydroxylation sites is 2. The van der Waals surface area contributed by atoms with Crippen LogP contribution >= 0.6 is 0 Å². The maximum absolute atomic E-state index is 6.02. The summed E-state index contributed by atoms with van der Waals surface area (Å²) in [7, 11) is 0. The lowest BCUT2D eigenvalue weighted by atomic mass is 10.0. The van der Waals surface area contributed by atoms with Crippen molar-refractivity contribution < 1.29 is 0 Å². The topological polar surface area (TPSA) is 55.3 Å². The van der Waals surface area contributed by atoms with E-state index in [4.69, 9.17) is 11.5 Å². The molecule has 0 aliphatic carbocycles. The Morgan fingerprint density at radius 2 is 1.88 bits per heavy atom. The summed E-state index contributed by atoms with van der Waals surface area (Å²) in [5, 5.41) is 0. The van der Waals surface area contributed by atoms with Crippen molar-refractivity contribution in [1.29, 1.82) is 0 Å². The lowest BCUT2D eigenvalue weighted by Gasteiger charge is -2.29. The van der Waals surface area contributed by atoms with E-state index in [9.17, 15) is 0 Å². The summed E-state index contributed by atoms with van der Waals surface area (Å²) in [6, 6.07) is 8.45. The molecule has 0 aromatic heterocycles. The zero-order valence-corrected chi connectivity index (χ0v) is 9.73. The van der Waals surface area contributed by atoms with Gasteiger partial charge >= 0.3 is 0 Å². The van der Waals surface area contributed by atoms with E-state index < -0.39 is 0 Å². The highest BCUT2D eigenvalue weighted by molar-refractivity contribution is 5.67. The van der Waals surface area contributed by atoms with Crippen LogP contribution in [-0.2, 0) is 0 Å². The summed E-state index contributed by atoms with van der Waals surface area (Å²) >= 11 is 0. The van der Waals surface area contributed by atoms with Crippen molar-refractivity contribution in [2.75, 3.05) is 23.7 Å². The van der Waals surface area contributed by atoms with Crippen LogP contribution in [0.25, 0.3) is 0 Å². The van der Waals surface area contributed by atoms with Crippen molar-refractivity contribution in [2.24, 2.45) is 5.73 Å².